The highest BCUT2D eigenvalue weighted by Gasteiger charge is 2.39. The Morgan fingerprint density at radius 1 is 1.00 bits per heavy atom. The normalized spacial score (nSPS) is 21.8. The molecular formula is C20H33N3O4S2. The predicted molar refractivity (Wildman–Crippen MR) is 117 cm³/mol. The predicted octanol–water partition coefficient (Wildman–Crippen LogP) is 2.58. The van der Waals surface area contributed by atoms with Gasteiger partial charge in [-0.2, -0.15) is 0 Å². The van der Waals surface area contributed by atoms with Crippen LogP contribution in [0, 0.1) is 11.8 Å². The zero-order valence-corrected chi connectivity index (χ0v) is 19.1. The van der Waals surface area contributed by atoms with Gasteiger partial charge in [0, 0.05) is 37.3 Å². The number of allylic oxidation sites excluding steroid dienone is 6. The summed E-state index contributed by atoms with van der Waals surface area (Å²) in [6.45, 7) is 2.12. The second kappa shape index (κ2) is 9.95. The lowest BCUT2D eigenvalue weighted by molar-refractivity contribution is 0.407. The van der Waals surface area contributed by atoms with E-state index in [2.05, 4.69) is 6.92 Å². The van der Waals surface area contributed by atoms with Gasteiger partial charge in [0.15, 0.2) is 0 Å². The molecule has 0 fully saturated rings. The molecule has 0 aromatic carbocycles. The fourth-order valence-electron chi connectivity index (χ4n) is 3.73. The molecule has 0 spiro atoms. The number of fused-ring (bicyclic) bond motifs is 1. The van der Waals surface area contributed by atoms with Gasteiger partial charge in [-0.15, -0.1) is 4.13 Å². The average molecular weight is 444 g/mol. The summed E-state index contributed by atoms with van der Waals surface area (Å²) >= 11 is 0. The Balaban J connectivity index is 2.10. The van der Waals surface area contributed by atoms with Gasteiger partial charge in [0.25, 0.3) is 0 Å². The minimum atomic E-state index is -4.24. The van der Waals surface area contributed by atoms with Crippen LogP contribution in [0.2, 0.25) is 0 Å². The maximum Gasteiger partial charge on any atom is 0.250 e. The van der Waals surface area contributed by atoms with Crippen molar-refractivity contribution in [2.24, 2.45) is 17.6 Å². The molecule has 0 amide bonds. The molecule has 0 heterocycles. The lowest BCUT2D eigenvalue weighted by Crippen LogP contribution is -2.40. The number of rotatable bonds is 11. The number of unbranched alkanes of at least 4 members (excludes halogenated alkanes) is 5. The molecule has 0 saturated heterocycles. The molecular weight excluding hydrogens is 410 g/mol. The van der Waals surface area contributed by atoms with Crippen LogP contribution in [-0.4, -0.2) is 41.6 Å². The van der Waals surface area contributed by atoms with Gasteiger partial charge in [0.1, 0.15) is 0 Å². The fourth-order valence-corrected chi connectivity index (χ4v) is 7.25. The van der Waals surface area contributed by atoms with E-state index in [0.717, 1.165) is 37.8 Å². The molecule has 0 saturated carbocycles. The van der Waals surface area contributed by atoms with Crippen LogP contribution in [0.4, 0.5) is 0 Å². The van der Waals surface area contributed by atoms with E-state index in [9.17, 15) is 16.8 Å². The quantitative estimate of drug-likeness (QED) is 0.475. The van der Waals surface area contributed by atoms with Crippen molar-refractivity contribution in [2.75, 3.05) is 19.8 Å². The van der Waals surface area contributed by atoms with Gasteiger partial charge >= 0.3 is 0 Å². The maximum atomic E-state index is 12.9. The number of hydrogen-bond acceptors (Lipinski definition) is 6. The molecule has 0 radical (unpaired) electrons. The molecule has 9 heteroatoms. The minimum Gasteiger partial charge on any atom is -0.401 e. The van der Waals surface area contributed by atoms with Crippen LogP contribution >= 0.6 is 0 Å². The Hall–Kier alpha value is -1.58. The molecule has 3 N–H and O–H groups in total. The first-order valence-corrected chi connectivity index (χ1v) is 13.2. The van der Waals surface area contributed by atoms with Crippen molar-refractivity contribution >= 4 is 20.0 Å². The first-order chi connectivity index (χ1) is 13.6. The highest BCUT2D eigenvalue weighted by atomic mass is 32.3. The van der Waals surface area contributed by atoms with Crippen molar-refractivity contribution in [1.29, 1.82) is 0 Å². The van der Waals surface area contributed by atoms with Crippen LogP contribution in [0.1, 0.15) is 45.4 Å². The number of nitrogens with zero attached hydrogens (tertiary/aromatic N) is 1. The van der Waals surface area contributed by atoms with E-state index in [1.54, 1.807) is 12.2 Å². The van der Waals surface area contributed by atoms with Crippen LogP contribution in [0.25, 0.3) is 0 Å². The average Bonchev–Trinajstić information content (AvgIpc) is 2.63. The largest absolute Gasteiger partial charge is 0.401 e. The highest BCUT2D eigenvalue weighted by Crippen LogP contribution is 2.40. The van der Waals surface area contributed by atoms with Crippen molar-refractivity contribution in [3.8, 4) is 0 Å². The van der Waals surface area contributed by atoms with Crippen LogP contribution in [0.15, 0.2) is 46.7 Å². The zero-order chi connectivity index (χ0) is 21.7. The summed E-state index contributed by atoms with van der Waals surface area (Å²) in [6, 6.07) is 0. The summed E-state index contributed by atoms with van der Waals surface area (Å²) in [7, 11) is -4.44. The standard InChI is InChI=1S/C20H33N3O4S2/c1-4-5-6-7-8-9-15-28(24,25)22-29(26,27)19-12-10-11-16-18(23(2)3)14-13-17(21)20(16)19/h10-14,16,20,22H,4-9,15,21H2,1-3H3. The van der Waals surface area contributed by atoms with E-state index >= 15 is 0 Å². The van der Waals surface area contributed by atoms with E-state index < -0.39 is 26.0 Å². The van der Waals surface area contributed by atoms with E-state index in [1.807, 2.05) is 35.3 Å². The number of nitrogens with two attached hydrogens (primary N) is 1. The molecule has 29 heavy (non-hydrogen) atoms. The fraction of sp³-hybridized carbons (Fsp3) is 0.600. The van der Waals surface area contributed by atoms with Gasteiger partial charge < -0.3 is 10.6 Å². The molecule has 7 nitrogen and oxygen atoms in total. The van der Waals surface area contributed by atoms with Gasteiger partial charge in [0.05, 0.1) is 10.7 Å². The van der Waals surface area contributed by atoms with E-state index in [4.69, 9.17) is 5.73 Å². The molecule has 2 unspecified atom stereocenters. The lowest BCUT2D eigenvalue weighted by atomic mass is 9.80. The number of sulfonamides is 2. The third kappa shape index (κ3) is 6.20. The number of nitrogens with one attached hydrogen (secondary N) is 1. The Bertz CT molecular complexity index is 913. The van der Waals surface area contributed by atoms with Gasteiger partial charge in [0.2, 0.25) is 20.0 Å². The maximum absolute atomic E-state index is 12.9. The van der Waals surface area contributed by atoms with Crippen LogP contribution in [-0.2, 0) is 20.0 Å². The van der Waals surface area contributed by atoms with Crippen molar-refractivity contribution in [1.82, 2.24) is 9.03 Å². The van der Waals surface area contributed by atoms with Gasteiger partial charge in [-0.05, 0) is 24.6 Å². The Labute approximate surface area is 175 Å². The lowest BCUT2D eigenvalue weighted by Gasteiger charge is -2.36. The smallest absolute Gasteiger partial charge is 0.250 e. The Kier molecular flexibility index (Phi) is 8.13. The Morgan fingerprint density at radius 3 is 2.31 bits per heavy atom. The third-order valence-corrected chi connectivity index (χ3v) is 8.95. The van der Waals surface area contributed by atoms with Gasteiger partial charge in [-0.25, -0.2) is 16.8 Å². The zero-order valence-electron chi connectivity index (χ0n) is 17.5. The molecule has 0 aliphatic heterocycles. The topological polar surface area (TPSA) is 110 Å². The van der Waals surface area contributed by atoms with Crippen molar-refractivity contribution in [3.63, 3.8) is 0 Å². The monoisotopic (exact) mass is 443 g/mol. The third-order valence-electron chi connectivity index (χ3n) is 5.22. The van der Waals surface area contributed by atoms with E-state index in [0.29, 0.717) is 12.1 Å². The van der Waals surface area contributed by atoms with Crippen molar-refractivity contribution in [2.45, 2.75) is 45.4 Å². The van der Waals surface area contributed by atoms with E-state index in [-0.39, 0.29) is 16.6 Å². The molecule has 0 aromatic rings. The van der Waals surface area contributed by atoms with Gasteiger partial charge in [-0.3, -0.25) is 0 Å². The summed E-state index contributed by atoms with van der Waals surface area (Å²) < 4.78 is 52.6. The van der Waals surface area contributed by atoms with Crippen LogP contribution in [0.3, 0.4) is 0 Å². The summed E-state index contributed by atoms with van der Waals surface area (Å²) in [5.41, 5.74) is 7.43. The molecule has 0 bridgehead atoms. The minimum absolute atomic E-state index is 0.0160. The van der Waals surface area contributed by atoms with Crippen molar-refractivity contribution < 1.29 is 16.8 Å². The Morgan fingerprint density at radius 2 is 1.66 bits per heavy atom. The molecule has 0 aromatic heterocycles. The van der Waals surface area contributed by atoms with Gasteiger partial charge in [-0.1, -0.05) is 51.2 Å². The van der Waals surface area contributed by atoms with Crippen LogP contribution < -0.4 is 9.86 Å². The second-order valence-corrected chi connectivity index (χ2v) is 11.6. The summed E-state index contributed by atoms with van der Waals surface area (Å²) in [5, 5.41) is 0. The molecule has 2 atom stereocenters. The summed E-state index contributed by atoms with van der Waals surface area (Å²) in [4.78, 5) is 1.89. The molecule has 2 aliphatic carbocycles. The van der Waals surface area contributed by atoms with E-state index in [1.165, 1.54) is 6.08 Å². The SMILES string of the molecule is CCCCCCCCS(=O)(=O)NS(=O)(=O)C1=CC=CC2C(N(C)C)=CC=C(N)C12. The number of hydrogen-bond donors (Lipinski definition) is 2. The first kappa shape index (κ1) is 23.7. The summed E-state index contributed by atoms with van der Waals surface area (Å²) in [6.07, 6.45) is 14.0. The molecule has 164 valence electrons. The molecule has 2 rings (SSSR count). The first-order valence-electron chi connectivity index (χ1n) is 10.1. The second-order valence-electron chi connectivity index (χ2n) is 7.78. The summed E-state index contributed by atoms with van der Waals surface area (Å²) in [5.74, 6) is -1.08. The van der Waals surface area contributed by atoms with Crippen LogP contribution in [0.5, 0.6) is 0 Å². The highest BCUT2D eigenvalue weighted by molar-refractivity contribution is 8.06. The molecule has 2 aliphatic rings. The van der Waals surface area contributed by atoms with Crippen molar-refractivity contribution in [3.05, 3.63) is 46.7 Å².